The SMILES string of the molecule is O=C(O)N1CC2CCC1(c1nc3ccc(Br)cc3[nH]1)C2. The lowest BCUT2D eigenvalue weighted by Crippen LogP contribution is -2.46. The molecule has 1 amide bonds. The summed E-state index contributed by atoms with van der Waals surface area (Å²) < 4.78 is 0.989. The van der Waals surface area contributed by atoms with Crippen molar-refractivity contribution < 1.29 is 9.90 Å². The lowest BCUT2D eigenvalue weighted by molar-refractivity contribution is 0.0855. The van der Waals surface area contributed by atoms with Crippen LogP contribution in [0, 0.1) is 5.92 Å². The van der Waals surface area contributed by atoms with Gasteiger partial charge in [-0.1, -0.05) is 15.9 Å². The molecule has 2 N–H and O–H groups in total. The number of nitrogens with one attached hydrogen (secondary N) is 1. The molecule has 1 saturated carbocycles. The van der Waals surface area contributed by atoms with Gasteiger partial charge in [-0.05, 0) is 43.4 Å². The van der Waals surface area contributed by atoms with Crippen LogP contribution in [0.4, 0.5) is 4.79 Å². The van der Waals surface area contributed by atoms with Crippen LogP contribution in [0.1, 0.15) is 25.1 Å². The Morgan fingerprint density at radius 1 is 1.55 bits per heavy atom. The van der Waals surface area contributed by atoms with E-state index in [1.807, 2.05) is 18.2 Å². The zero-order valence-corrected chi connectivity index (χ0v) is 12.4. The topological polar surface area (TPSA) is 69.2 Å². The second-order valence-corrected chi connectivity index (χ2v) is 6.70. The number of aromatic nitrogens is 2. The second-order valence-electron chi connectivity index (χ2n) is 5.78. The van der Waals surface area contributed by atoms with Crippen molar-refractivity contribution in [1.29, 1.82) is 0 Å². The monoisotopic (exact) mass is 335 g/mol. The molecule has 0 spiro atoms. The predicted molar refractivity (Wildman–Crippen MR) is 77.5 cm³/mol. The molecule has 1 aliphatic heterocycles. The number of halogens is 1. The number of benzene rings is 1. The highest BCUT2D eigenvalue weighted by Crippen LogP contribution is 2.52. The molecule has 1 aromatic heterocycles. The van der Waals surface area contributed by atoms with E-state index in [0.29, 0.717) is 12.5 Å². The number of amides is 1. The Kier molecular flexibility index (Phi) is 2.42. The average molecular weight is 336 g/mol. The molecule has 1 aliphatic carbocycles. The molecule has 2 aliphatic rings. The van der Waals surface area contributed by atoms with Crippen molar-refractivity contribution in [1.82, 2.24) is 14.9 Å². The Morgan fingerprint density at radius 3 is 3.15 bits per heavy atom. The molecule has 0 radical (unpaired) electrons. The Morgan fingerprint density at radius 2 is 2.40 bits per heavy atom. The van der Waals surface area contributed by atoms with E-state index in [1.54, 1.807) is 4.90 Å². The first-order valence-corrected chi connectivity index (χ1v) is 7.54. The first-order valence-electron chi connectivity index (χ1n) is 6.75. The minimum atomic E-state index is -0.839. The normalized spacial score (nSPS) is 28.4. The molecule has 2 bridgehead atoms. The third-order valence-corrected chi connectivity index (χ3v) is 5.16. The summed E-state index contributed by atoms with van der Waals surface area (Å²) in [6, 6.07) is 5.88. The van der Waals surface area contributed by atoms with E-state index < -0.39 is 11.6 Å². The van der Waals surface area contributed by atoms with Crippen molar-refractivity contribution >= 4 is 33.1 Å². The first-order chi connectivity index (χ1) is 9.58. The van der Waals surface area contributed by atoms with Crippen LogP contribution in [0.3, 0.4) is 0 Å². The van der Waals surface area contributed by atoms with E-state index in [1.165, 1.54) is 0 Å². The zero-order valence-electron chi connectivity index (χ0n) is 10.8. The third kappa shape index (κ3) is 1.54. The van der Waals surface area contributed by atoms with Gasteiger partial charge in [0.1, 0.15) is 11.4 Å². The van der Waals surface area contributed by atoms with Crippen LogP contribution in [0.2, 0.25) is 0 Å². The standard InChI is InChI=1S/C14H14BrN3O2/c15-9-1-2-10-11(5-9)17-12(16-10)14-4-3-8(6-14)7-18(14)13(19)20/h1-2,5,8H,3-4,6-7H2,(H,16,17)(H,19,20). The second kappa shape index (κ2) is 3.97. The molecule has 2 unspecified atom stereocenters. The molecule has 2 heterocycles. The maximum absolute atomic E-state index is 11.5. The number of carbonyl (C=O) groups is 1. The number of carboxylic acid groups (broad SMARTS) is 1. The van der Waals surface area contributed by atoms with Crippen molar-refractivity contribution in [3.8, 4) is 0 Å². The van der Waals surface area contributed by atoms with Crippen molar-refractivity contribution in [2.75, 3.05) is 6.54 Å². The molecule has 1 saturated heterocycles. The molecule has 1 aromatic carbocycles. The molecule has 20 heavy (non-hydrogen) atoms. The summed E-state index contributed by atoms with van der Waals surface area (Å²) in [6.45, 7) is 0.635. The summed E-state index contributed by atoms with van der Waals surface area (Å²) in [4.78, 5) is 21.1. The highest BCUT2D eigenvalue weighted by Gasteiger charge is 2.55. The van der Waals surface area contributed by atoms with E-state index in [0.717, 1.165) is 40.6 Å². The van der Waals surface area contributed by atoms with Crippen LogP contribution < -0.4 is 0 Å². The van der Waals surface area contributed by atoms with Crippen LogP contribution in [0.25, 0.3) is 11.0 Å². The third-order valence-electron chi connectivity index (χ3n) is 4.67. The van der Waals surface area contributed by atoms with Gasteiger partial charge in [0.15, 0.2) is 0 Å². The number of likely N-dealkylation sites (tertiary alicyclic amines) is 1. The Hall–Kier alpha value is -1.56. The molecule has 6 heteroatoms. The molecular weight excluding hydrogens is 322 g/mol. The number of rotatable bonds is 1. The number of aromatic amines is 1. The Balaban J connectivity index is 1.86. The summed E-state index contributed by atoms with van der Waals surface area (Å²) in [5.41, 5.74) is 1.39. The molecule has 2 atom stereocenters. The van der Waals surface area contributed by atoms with Crippen molar-refractivity contribution in [2.45, 2.75) is 24.8 Å². The minimum absolute atomic E-state index is 0.442. The van der Waals surface area contributed by atoms with Crippen LogP contribution >= 0.6 is 15.9 Å². The fraction of sp³-hybridized carbons (Fsp3) is 0.429. The van der Waals surface area contributed by atoms with Gasteiger partial charge in [-0.3, -0.25) is 4.90 Å². The quantitative estimate of drug-likeness (QED) is 0.839. The number of H-pyrrole nitrogens is 1. The number of imidazole rings is 1. The number of piperidine rings is 1. The fourth-order valence-electron chi connectivity index (χ4n) is 3.76. The van der Waals surface area contributed by atoms with Gasteiger partial charge in [0.25, 0.3) is 0 Å². The van der Waals surface area contributed by atoms with Gasteiger partial charge >= 0.3 is 6.09 Å². The van der Waals surface area contributed by atoms with Gasteiger partial charge in [-0.25, -0.2) is 9.78 Å². The van der Waals surface area contributed by atoms with Gasteiger partial charge in [0.05, 0.1) is 11.0 Å². The summed E-state index contributed by atoms with van der Waals surface area (Å²) >= 11 is 3.45. The van der Waals surface area contributed by atoms with Crippen LogP contribution in [-0.2, 0) is 5.54 Å². The van der Waals surface area contributed by atoms with Gasteiger partial charge in [0.2, 0.25) is 0 Å². The van der Waals surface area contributed by atoms with Crippen LogP contribution in [-0.4, -0.2) is 32.6 Å². The molecule has 2 fully saturated rings. The van der Waals surface area contributed by atoms with E-state index in [4.69, 9.17) is 0 Å². The number of nitrogens with zero attached hydrogens (tertiary/aromatic N) is 2. The zero-order chi connectivity index (χ0) is 13.9. The predicted octanol–water partition coefficient (Wildman–Crippen LogP) is 3.31. The van der Waals surface area contributed by atoms with Crippen molar-refractivity contribution in [2.24, 2.45) is 5.92 Å². The van der Waals surface area contributed by atoms with Gasteiger partial charge < -0.3 is 10.1 Å². The highest BCUT2D eigenvalue weighted by molar-refractivity contribution is 9.10. The number of hydrogen-bond donors (Lipinski definition) is 2. The number of hydrogen-bond acceptors (Lipinski definition) is 2. The average Bonchev–Trinajstić information content (AvgIpc) is 3.09. The van der Waals surface area contributed by atoms with Crippen LogP contribution in [0.5, 0.6) is 0 Å². The molecule has 2 aromatic rings. The molecule has 5 nitrogen and oxygen atoms in total. The first kappa shape index (κ1) is 12.2. The Labute approximate surface area is 124 Å². The van der Waals surface area contributed by atoms with Gasteiger partial charge in [0, 0.05) is 11.0 Å². The minimum Gasteiger partial charge on any atom is -0.465 e. The lowest BCUT2D eigenvalue weighted by atomic mass is 9.96. The highest BCUT2D eigenvalue weighted by atomic mass is 79.9. The largest absolute Gasteiger partial charge is 0.465 e. The van der Waals surface area contributed by atoms with E-state index >= 15 is 0 Å². The van der Waals surface area contributed by atoms with Crippen molar-refractivity contribution in [3.63, 3.8) is 0 Å². The van der Waals surface area contributed by atoms with Crippen LogP contribution in [0.15, 0.2) is 22.7 Å². The smallest absolute Gasteiger partial charge is 0.408 e. The Bertz CT molecular complexity index is 714. The maximum atomic E-state index is 11.5. The summed E-state index contributed by atoms with van der Waals surface area (Å²) in [6.07, 6.45) is 2.00. The van der Waals surface area contributed by atoms with Gasteiger partial charge in [-0.15, -0.1) is 0 Å². The van der Waals surface area contributed by atoms with Gasteiger partial charge in [-0.2, -0.15) is 0 Å². The van der Waals surface area contributed by atoms with E-state index in [2.05, 4.69) is 25.9 Å². The molecular formula is C14H14BrN3O2. The lowest BCUT2D eigenvalue weighted by Gasteiger charge is -2.35. The summed E-state index contributed by atoms with van der Waals surface area (Å²) in [5.74, 6) is 1.28. The molecule has 104 valence electrons. The maximum Gasteiger partial charge on any atom is 0.408 e. The van der Waals surface area contributed by atoms with Crippen molar-refractivity contribution in [3.05, 3.63) is 28.5 Å². The van der Waals surface area contributed by atoms with E-state index in [-0.39, 0.29) is 0 Å². The number of fused-ring (bicyclic) bond motifs is 3. The summed E-state index contributed by atoms with van der Waals surface area (Å²) in [5, 5.41) is 9.46. The molecule has 4 rings (SSSR count). The van der Waals surface area contributed by atoms with E-state index in [9.17, 15) is 9.90 Å². The fourth-order valence-corrected chi connectivity index (χ4v) is 4.13. The summed E-state index contributed by atoms with van der Waals surface area (Å²) in [7, 11) is 0.